The van der Waals surface area contributed by atoms with Crippen LogP contribution in [0.4, 0.5) is 0 Å². The van der Waals surface area contributed by atoms with Crippen LogP contribution in [0.5, 0.6) is 0 Å². The molecule has 2 saturated heterocycles. The molecule has 3 atom stereocenters. The second-order valence-corrected chi connectivity index (χ2v) is 11.4. The molecule has 0 spiro atoms. The van der Waals surface area contributed by atoms with Gasteiger partial charge in [-0.2, -0.15) is 0 Å². The topological polar surface area (TPSA) is 162 Å². The summed E-state index contributed by atoms with van der Waals surface area (Å²) in [6, 6.07) is -0.486. The van der Waals surface area contributed by atoms with Crippen molar-refractivity contribution in [2.75, 3.05) is 45.8 Å². The number of nitrogens with one attached hydrogen (secondary N) is 3. The number of hydrogen-bond acceptors (Lipinski definition) is 12. The number of phosphoric acid groups is 1. The molecule has 194 valence electrons. The van der Waals surface area contributed by atoms with Crippen LogP contribution in [-0.4, -0.2) is 85.9 Å². The van der Waals surface area contributed by atoms with Gasteiger partial charge in [-0.25, -0.2) is 14.1 Å². The molecular weight excluding hydrogens is 491 g/mol. The highest BCUT2D eigenvalue weighted by molar-refractivity contribution is 8.13. The van der Waals surface area contributed by atoms with Crippen LogP contribution >= 0.6 is 19.6 Å². The van der Waals surface area contributed by atoms with Crippen LogP contribution in [0.3, 0.4) is 0 Å². The number of carbonyl (C=O) groups excluding carboxylic acids is 4. The smallest absolute Gasteiger partial charge is 0.437 e. The largest absolute Gasteiger partial charge is 0.478 e. The maximum absolute atomic E-state index is 12.8. The van der Waals surface area contributed by atoms with Gasteiger partial charge in [0.1, 0.15) is 6.04 Å². The molecule has 0 aromatic carbocycles. The van der Waals surface area contributed by atoms with Crippen molar-refractivity contribution in [3.8, 4) is 0 Å². The number of hydrogen-bond donors (Lipinski definition) is 3. The molecule has 0 aromatic heterocycles. The number of esters is 1. The lowest BCUT2D eigenvalue weighted by Crippen LogP contribution is -2.50. The van der Waals surface area contributed by atoms with Gasteiger partial charge in [0, 0.05) is 51.2 Å². The Morgan fingerprint density at radius 3 is 2.62 bits per heavy atom. The highest BCUT2D eigenvalue weighted by Crippen LogP contribution is 2.57. The summed E-state index contributed by atoms with van der Waals surface area (Å²) in [5.41, 5.74) is 2.14. The maximum Gasteiger partial charge on any atom is 0.478 e. The third-order valence-electron chi connectivity index (χ3n) is 5.09. The molecule has 3 N–H and O–H groups in total. The highest BCUT2D eigenvalue weighted by Gasteiger charge is 2.49. The molecule has 2 aliphatic heterocycles. The van der Waals surface area contributed by atoms with Crippen LogP contribution in [0.2, 0.25) is 0 Å². The number of thioether (sulfide) groups is 1. The summed E-state index contributed by atoms with van der Waals surface area (Å²) < 4.78 is 33.5. The van der Waals surface area contributed by atoms with E-state index in [2.05, 4.69) is 16.1 Å². The van der Waals surface area contributed by atoms with Crippen molar-refractivity contribution in [3.05, 3.63) is 0 Å². The van der Waals surface area contributed by atoms with E-state index >= 15 is 0 Å². The zero-order valence-electron chi connectivity index (χ0n) is 19.8. The van der Waals surface area contributed by atoms with Crippen molar-refractivity contribution in [2.45, 2.75) is 45.8 Å². The average Bonchev–Trinajstić information content (AvgIpc) is 3.19. The van der Waals surface area contributed by atoms with Crippen LogP contribution < -0.4 is 16.1 Å². The Kier molecular flexibility index (Phi) is 10.9. The second-order valence-electron chi connectivity index (χ2n) is 8.46. The quantitative estimate of drug-likeness (QED) is 0.146. The molecule has 2 unspecified atom stereocenters. The van der Waals surface area contributed by atoms with E-state index in [1.165, 1.54) is 6.92 Å². The average molecular weight is 525 g/mol. The first-order valence-electron chi connectivity index (χ1n) is 10.8. The molecule has 2 fully saturated rings. The lowest BCUT2D eigenvalue weighted by Gasteiger charge is -2.39. The third-order valence-corrected chi connectivity index (χ3v) is 7.24. The number of rotatable bonds is 11. The van der Waals surface area contributed by atoms with Crippen LogP contribution in [0.1, 0.15) is 33.6 Å². The van der Waals surface area contributed by atoms with Gasteiger partial charge < -0.3 is 15.4 Å². The molecule has 2 amide bonds. The zero-order chi connectivity index (χ0) is 25.4. The summed E-state index contributed by atoms with van der Waals surface area (Å²) >= 11 is 1.11. The Bertz CT molecular complexity index is 813. The zero-order valence-corrected chi connectivity index (χ0v) is 21.5. The number of hydrazine groups is 1. The first-order chi connectivity index (χ1) is 15.9. The molecule has 34 heavy (non-hydrogen) atoms. The van der Waals surface area contributed by atoms with Gasteiger partial charge in [0.15, 0.2) is 11.2 Å². The Morgan fingerprint density at radius 2 is 1.97 bits per heavy atom. The minimum atomic E-state index is -4.16. The third kappa shape index (κ3) is 8.91. The van der Waals surface area contributed by atoms with E-state index in [4.69, 9.17) is 18.3 Å². The Balaban J connectivity index is 1.77. The molecule has 0 bridgehead atoms. The van der Waals surface area contributed by atoms with Gasteiger partial charge in [0.05, 0.1) is 6.61 Å². The van der Waals surface area contributed by atoms with Crippen molar-refractivity contribution in [2.24, 2.45) is 5.41 Å². The van der Waals surface area contributed by atoms with Crippen LogP contribution in [-0.2, 0) is 42.1 Å². The Morgan fingerprint density at radius 1 is 1.24 bits per heavy atom. The van der Waals surface area contributed by atoms with Crippen molar-refractivity contribution < 1.29 is 42.1 Å². The van der Waals surface area contributed by atoms with Crippen LogP contribution in [0, 0.1) is 5.41 Å². The molecule has 2 heterocycles. The summed E-state index contributed by atoms with van der Waals surface area (Å²) in [6.45, 7) is 5.10. The minimum absolute atomic E-state index is 0.0225. The van der Waals surface area contributed by atoms with Crippen molar-refractivity contribution in [1.29, 1.82) is 0 Å². The van der Waals surface area contributed by atoms with Crippen molar-refractivity contribution in [1.82, 2.24) is 21.1 Å². The summed E-state index contributed by atoms with van der Waals surface area (Å²) in [6.07, 6.45) is -0.594. The van der Waals surface area contributed by atoms with Gasteiger partial charge in [-0.05, 0) is 6.42 Å². The van der Waals surface area contributed by atoms with Crippen LogP contribution in [0.25, 0.3) is 0 Å². The fourth-order valence-corrected chi connectivity index (χ4v) is 5.16. The molecule has 0 saturated carbocycles. The van der Waals surface area contributed by atoms with Gasteiger partial charge in [0.2, 0.25) is 18.6 Å². The normalized spacial score (nSPS) is 26.6. The Labute approximate surface area is 202 Å². The van der Waals surface area contributed by atoms with Gasteiger partial charge in [-0.15, -0.1) is 0 Å². The van der Waals surface area contributed by atoms with Gasteiger partial charge in [-0.1, -0.05) is 25.6 Å². The predicted octanol–water partition coefficient (Wildman–Crippen LogP) is 0.164. The van der Waals surface area contributed by atoms with E-state index in [1.807, 2.05) is 0 Å². The molecule has 13 nitrogen and oxygen atoms in total. The minimum Gasteiger partial charge on any atom is -0.437 e. The molecular formula is C19H33N4O9PS. The van der Waals surface area contributed by atoms with E-state index in [0.717, 1.165) is 11.8 Å². The first-order valence-corrected chi connectivity index (χ1v) is 13.3. The van der Waals surface area contributed by atoms with E-state index in [1.54, 1.807) is 25.9 Å². The van der Waals surface area contributed by atoms with E-state index in [0.29, 0.717) is 25.3 Å². The highest BCUT2D eigenvalue weighted by atomic mass is 32.2. The van der Waals surface area contributed by atoms with Crippen LogP contribution in [0.15, 0.2) is 0 Å². The number of amides is 2. The van der Waals surface area contributed by atoms with Gasteiger partial charge >= 0.3 is 13.8 Å². The number of likely N-dealkylation sites (N-methyl/N-ethyl adjacent to an activating group) is 1. The molecule has 0 radical (unpaired) electrons. The molecule has 0 aromatic rings. The summed E-state index contributed by atoms with van der Waals surface area (Å²) in [5.74, 6) is -0.941. The monoisotopic (exact) mass is 524 g/mol. The lowest BCUT2D eigenvalue weighted by molar-refractivity contribution is -0.160. The summed E-state index contributed by atoms with van der Waals surface area (Å²) in [5, 5.41) is 6.82. The maximum atomic E-state index is 12.8. The molecule has 2 rings (SSSR count). The molecule has 2 aliphatic rings. The predicted molar refractivity (Wildman–Crippen MR) is 122 cm³/mol. The number of carbonyl (C=O) groups is 4. The standard InChI is InChI=1S/C19H33N4O9PS/c1-13(24)34-10-9-20-15(25)6-7-21-17(26)16-19(2,3)11-30-33(28,32-16)31-12-29-18(27)14-5-8-22-23(14)4/h14,16,22H,5-12H2,1-4H3,(H,20,25)(H,21,26)/t14?,16-,33?/m0/s1. The molecule has 0 aliphatic carbocycles. The molecule has 15 heteroatoms. The van der Waals surface area contributed by atoms with E-state index < -0.39 is 44.1 Å². The summed E-state index contributed by atoms with van der Waals surface area (Å²) in [4.78, 5) is 47.5. The first kappa shape index (κ1) is 28.7. The fourth-order valence-electron chi connectivity index (χ4n) is 3.16. The number of phosphoric ester groups is 1. The Hall–Kier alpha value is -1.54. The van der Waals surface area contributed by atoms with Crippen molar-refractivity contribution in [3.63, 3.8) is 0 Å². The fraction of sp³-hybridized carbons (Fsp3) is 0.789. The van der Waals surface area contributed by atoms with Gasteiger partial charge in [-0.3, -0.25) is 33.7 Å². The van der Waals surface area contributed by atoms with Crippen molar-refractivity contribution >= 4 is 42.5 Å². The summed E-state index contributed by atoms with van der Waals surface area (Å²) in [7, 11) is -2.45. The van der Waals surface area contributed by atoms with Gasteiger partial charge in [0.25, 0.3) is 0 Å². The lowest BCUT2D eigenvalue weighted by atomic mass is 9.87. The SMILES string of the molecule is CC(=O)SCCNC(=O)CCNC(=O)[C@@H]1OP(=O)(OCOC(=O)C2CCNN2C)OCC1(C)C. The second kappa shape index (κ2) is 13.0. The number of nitrogens with zero attached hydrogens (tertiary/aromatic N) is 1. The number of ether oxygens (including phenoxy) is 1. The van der Waals surface area contributed by atoms with E-state index in [-0.39, 0.29) is 30.6 Å². The van der Waals surface area contributed by atoms with E-state index in [9.17, 15) is 23.7 Å².